The van der Waals surface area contributed by atoms with Gasteiger partial charge in [0.05, 0.1) is 6.61 Å². The van der Waals surface area contributed by atoms with Gasteiger partial charge in [0, 0.05) is 16.2 Å². The maximum atomic E-state index is 5.91. The smallest absolute Gasteiger partial charge is 0.0809 e. The number of thiophene rings is 1. The molecule has 0 bridgehead atoms. The lowest BCUT2D eigenvalue weighted by atomic mass is 10.0. The van der Waals surface area contributed by atoms with Crippen LogP contribution in [0, 0.1) is 0 Å². The molecule has 0 fully saturated rings. The van der Waals surface area contributed by atoms with Crippen molar-refractivity contribution in [3.05, 3.63) is 35.2 Å². The van der Waals surface area contributed by atoms with Gasteiger partial charge < -0.3 is 4.74 Å². The van der Waals surface area contributed by atoms with Crippen molar-refractivity contribution in [2.45, 2.75) is 180 Å². The highest BCUT2D eigenvalue weighted by molar-refractivity contribution is 7.19. The number of fused-ring (bicyclic) bond motifs is 1. The molecule has 1 nitrogen and oxygen atoms in total. The molecule has 224 valence electrons. The number of hydrogen-bond acceptors (Lipinski definition) is 2. The number of benzene rings is 1. The Labute approximate surface area is 247 Å². The fourth-order valence-electron chi connectivity index (χ4n) is 5.80. The van der Waals surface area contributed by atoms with Crippen LogP contribution in [0.2, 0.25) is 0 Å². The summed E-state index contributed by atoms with van der Waals surface area (Å²) in [5.74, 6) is 0. The van der Waals surface area contributed by atoms with Gasteiger partial charge in [-0.3, -0.25) is 0 Å². The Hall–Kier alpha value is -0.860. The topological polar surface area (TPSA) is 9.23 Å². The Balaban J connectivity index is 1.18. The van der Waals surface area contributed by atoms with E-state index in [0.717, 1.165) is 13.2 Å². The van der Waals surface area contributed by atoms with E-state index < -0.39 is 0 Å². The molecule has 39 heavy (non-hydrogen) atoms. The third kappa shape index (κ3) is 19.8. The zero-order valence-electron chi connectivity index (χ0n) is 26.0. The first kappa shape index (κ1) is 34.3. The first-order valence-corrected chi connectivity index (χ1v) is 18.3. The summed E-state index contributed by atoms with van der Waals surface area (Å²) in [6.45, 7) is 3.99. The third-order valence-electron chi connectivity index (χ3n) is 8.36. The summed E-state index contributed by atoms with van der Waals surface area (Å²) in [6, 6.07) is 10.9. The molecule has 0 amide bonds. The van der Waals surface area contributed by atoms with E-state index in [0.29, 0.717) is 0 Å². The quantitative estimate of drug-likeness (QED) is 0.0905. The lowest BCUT2D eigenvalue weighted by Crippen LogP contribution is -1.94. The standard InChI is InChI=1S/C37H64OS/c1-2-3-4-5-6-7-8-9-10-11-12-13-14-15-16-17-18-19-20-21-22-23-24-25-26-29-32-38-34-36-33-35-30-27-28-31-37(35)39-36/h27-28,30-31,33H,2-26,29,32,34H2,1H3. The van der Waals surface area contributed by atoms with Gasteiger partial charge in [0.2, 0.25) is 0 Å². The molecular weight excluding hydrogens is 492 g/mol. The van der Waals surface area contributed by atoms with Crippen LogP contribution in [0.3, 0.4) is 0 Å². The molecule has 1 heterocycles. The second kappa shape index (κ2) is 26.1. The summed E-state index contributed by atoms with van der Waals surface area (Å²) in [4.78, 5) is 1.35. The van der Waals surface area contributed by atoms with Gasteiger partial charge in [-0.1, -0.05) is 186 Å². The van der Waals surface area contributed by atoms with Gasteiger partial charge in [-0.2, -0.15) is 0 Å². The van der Waals surface area contributed by atoms with Crippen molar-refractivity contribution >= 4 is 21.4 Å². The van der Waals surface area contributed by atoms with Crippen LogP contribution in [-0.4, -0.2) is 6.61 Å². The zero-order valence-corrected chi connectivity index (χ0v) is 26.8. The minimum absolute atomic E-state index is 0.777. The maximum absolute atomic E-state index is 5.91. The first-order valence-electron chi connectivity index (χ1n) is 17.5. The molecule has 0 saturated carbocycles. The van der Waals surface area contributed by atoms with E-state index in [4.69, 9.17) is 4.74 Å². The van der Waals surface area contributed by atoms with Gasteiger partial charge in [0.1, 0.15) is 0 Å². The van der Waals surface area contributed by atoms with Crippen LogP contribution in [0.1, 0.15) is 179 Å². The van der Waals surface area contributed by atoms with Gasteiger partial charge in [-0.15, -0.1) is 11.3 Å². The second-order valence-corrected chi connectivity index (χ2v) is 13.3. The lowest BCUT2D eigenvalue weighted by molar-refractivity contribution is 0.119. The largest absolute Gasteiger partial charge is 0.376 e. The Kier molecular flexibility index (Phi) is 23.0. The molecular formula is C37H64OS. The number of rotatable bonds is 29. The second-order valence-electron chi connectivity index (χ2n) is 12.1. The van der Waals surface area contributed by atoms with E-state index in [1.807, 2.05) is 11.3 Å². The average molecular weight is 557 g/mol. The maximum Gasteiger partial charge on any atom is 0.0809 e. The Morgan fingerprint density at radius 2 is 0.872 bits per heavy atom. The molecule has 2 heteroatoms. The van der Waals surface area contributed by atoms with E-state index in [1.165, 1.54) is 182 Å². The number of unbranched alkanes of at least 4 members (excludes halogenated alkanes) is 25. The van der Waals surface area contributed by atoms with Crippen molar-refractivity contribution in [3.63, 3.8) is 0 Å². The predicted octanol–water partition coefficient (Wildman–Crippen LogP) is 13.6. The van der Waals surface area contributed by atoms with Gasteiger partial charge in [-0.25, -0.2) is 0 Å². The van der Waals surface area contributed by atoms with E-state index in [2.05, 4.69) is 37.3 Å². The Morgan fingerprint density at radius 3 is 1.28 bits per heavy atom. The van der Waals surface area contributed by atoms with Crippen LogP contribution < -0.4 is 0 Å². The monoisotopic (exact) mass is 556 g/mol. The summed E-state index contributed by atoms with van der Waals surface area (Å²) in [6.07, 6.45) is 37.6. The van der Waals surface area contributed by atoms with Gasteiger partial charge in [0.15, 0.2) is 0 Å². The summed E-state index contributed by atoms with van der Waals surface area (Å²) < 4.78 is 7.29. The minimum Gasteiger partial charge on any atom is -0.376 e. The number of hydrogen-bond donors (Lipinski definition) is 0. The highest BCUT2D eigenvalue weighted by atomic mass is 32.1. The predicted molar refractivity (Wildman–Crippen MR) is 177 cm³/mol. The average Bonchev–Trinajstić information content (AvgIpc) is 3.37. The van der Waals surface area contributed by atoms with Crippen molar-refractivity contribution in [3.8, 4) is 0 Å². The van der Waals surface area contributed by atoms with E-state index >= 15 is 0 Å². The molecule has 0 unspecified atom stereocenters. The Morgan fingerprint density at radius 1 is 0.487 bits per heavy atom. The summed E-state index contributed by atoms with van der Waals surface area (Å²) in [5, 5.41) is 1.35. The summed E-state index contributed by atoms with van der Waals surface area (Å²) in [5.41, 5.74) is 0. The normalized spacial score (nSPS) is 11.6. The Bertz CT molecular complexity index is 733. The van der Waals surface area contributed by atoms with Crippen LogP contribution in [0.25, 0.3) is 10.1 Å². The van der Waals surface area contributed by atoms with Crippen LogP contribution >= 0.6 is 11.3 Å². The van der Waals surface area contributed by atoms with Crippen molar-refractivity contribution in [1.29, 1.82) is 0 Å². The molecule has 2 rings (SSSR count). The fraction of sp³-hybridized carbons (Fsp3) is 0.784. The van der Waals surface area contributed by atoms with E-state index in [9.17, 15) is 0 Å². The van der Waals surface area contributed by atoms with Crippen molar-refractivity contribution < 1.29 is 4.74 Å². The molecule has 0 aliphatic heterocycles. The highest BCUT2D eigenvalue weighted by Crippen LogP contribution is 2.25. The molecule has 1 aromatic carbocycles. The van der Waals surface area contributed by atoms with Crippen molar-refractivity contribution in [2.24, 2.45) is 0 Å². The summed E-state index contributed by atoms with van der Waals surface area (Å²) >= 11 is 1.87. The third-order valence-corrected chi connectivity index (χ3v) is 9.45. The number of ether oxygens (including phenoxy) is 1. The minimum atomic E-state index is 0.777. The van der Waals surface area contributed by atoms with Gasteiger partial charge in [-0.05, 0) is 23.9 Å². The molecule has 1 aromatic heterocycles. The zero-order chi connectivity index (χ0) is 27.5. The van der Waals surface area contributed by atoms with Gasteiger partial charge >= 0.3 is 0 Å². The SMILES string of the molecule is CCCCCCCCCCCCCCCCCCCCCCCCCCCCOCc1cc2ccccc2s1. The molecule has 0 spiro atoms. The molecule has 0 saturated heterocycles. The molecule has 0 atom stereocenters. The fourth-order valence-corrected chi connectivity index (χ4v) is 6.80. The summed E-state index contributed by atoms with van der Waals surface area (Å²) in [7, 11) is 0. The van der Waals surface area contributed by atoms with Crippen LogP contribution in [0.4, 0.5) is 0 Å². The first-order chi connectivity index (χ1) is 19.4. The van der Waals surface area contributed by atoms with Crippen LogP contribution in [0.5, 0.6) is 0 Å². The van der Waals surface area contributed by atoms with E-state index in [-0.39, 0.29) is 0 Å². The van der Waals surface area contributed by atoms with Gasteiger partial charge in [0.25, 0.3) is 0 Å². The van der Waals surface area contributed by atoms with E-state index in [1.54, 1.807) is 0 Å². The lowest BCUT2D eigenvalue weighted by Gasteiger charge is -2.05. The molecule has 0 aliphatic carbocycles. The van der Waals surface area contributed by atoms with Crippen LogP contribution in [-0.2, 0) is 11.3 Å². The highest BCUT2D eigenvalue weighted by Gasteiger charge is 2.01. The van der Waals surface area contributed by atoms with Crippen molar-refractivity contribution in [2.75, 3.05) is 6.61 Å². The molecule has 0 radical (unpaired) electrons. The molecule has 0 aliphatic rings. The van der Waals surface area contributed by atoms with Crippen molar-refractivity contribution in [1.82, 2.24) is 0 Å². The molecule has 0 N–H and O–H groups in total. The van der Waals surface area contributed by atoms with Crippen LogP contribution in [0.15, 0.2) is 30.3 Å². The molecule has 2 aromatic rings.